The molecule has 10 nitrogen and oxygen atoms in total. The minimum Gasteiger partial charge on any atom is -0.496 e. The molecule has 1 aliphatic heterocycles. The van der Waals surface area contributed by atoms with Gasteiger partial charge in [-0.05, 0) is 62.7 Å². The van der Waals surface area contributed by atoms with Crippen LogP contribution in [0.1, 0.15) is 29.8 Å². The van der Waals surface area contributed by atoms with E-state index >= 15 is 0 Å². The van der Waals surface area contributed by atoms with Gasteiger partial charge in [-0.25, -0.2) is 4.79 Å². The summed E-state index contributed by atoms with van der Waals surface area (Å²) in [5.41, 5.74) is 1.07. The van der Waals surface area contributed by atoms with Crippen LogP contribution in [0.2, 0.25) is 0 Å². The zero-order chi connectivity index (χ0) is 30.9. The zero-order valence-electron chi connectivity index (χ0n) is 24.6. The molecule has 3 aromatic carbocycles. The van der Waals surface area contributed by atoms with Crippen molar-refractivity contribution in [3.63, 3.8) is 0 Å². The number of ether oxygens (including phenoxy) is 4. The minimum absolute atomic E-state index is 0.0252. The lowest BCUT2D eigenvalue weighted by Gasteiger charge is -2.47. The highest BCUT2D eigenvalue weighted by Crippen LogP contribution is 2.37. The van der Waals surface area contributed by atoms with Crippen LogP contribution in [0.15, 0.2) is 75.9 Å². The number of carbonyl (C=O) groups is 1. The maximum atomic E-state index is 13.2. The molecule has 43 heavy (non-hydrogen) atoms. The highest BCUT2D eigenvalue weighted by molar-refractivity contribution is 6.05. The average Bonchev–Trinajstić information content (AvgIpc) is 3.00. The number of nitrogens with one attached hydrogen (secondary N) is 1. The Bertz CT molecular complexity index is 1680. The first-order valence-electron chi connectivity index (χ1n) is 13.9. The summed E-state index contributed by atoms with van der Waals surface area (Å²) < 4.78 is 28.3. The van der Waals surface area contributed by atoms with Crippen molar-refractivity contribution in [2.24, 2.45) is 5.92 Å². The summed E-state index contributed by atoms with van der Waals surface area (Å²) in [6, 6.07) is 19.4. The first-order chi connectivity index (χ1) is 20.5. The van der Waals surface area contributed by atoms with Gasteiger partial charge in [0.25, 0.3) is 5.91 Å². The van der Waals surface area contributed by atoms with Gasteiger partial charge in [-0.3, -0.25) is 4.79 Å². The van der Waals surface area contributed by atoms with E-state index in [2.05, 4.69) is 5.32 Å². The van der Waals surface area contributed by atoms with Crippen LogP contribution >= 0.6 is 0 Å². The highest BCUT2D eigenvalue weighted by atomic mass is 16.7. The number of hydrogen-bond donors (Lipinski definition) is 3. The van der Waals surface area contributed by atoms with Gasteiger partial charge in [0.05, 0.1) is 25.4 Å². The van der Waals surface area contributed by atoms with Crippen molar-refractivity contribution in [1.82, 2.24) is 0 Å². The lowest BCUT2D eigenvalue weighted by Crippen LogP contribution is -2.61. The number of anilines is 1. The van der Waals surface area contributed by atoms with Gasteiger partial charge >= 0.3 is 5.63 Å². The van der Waals surface area contributed by atoms with E-state index in [1.807, 2.05) is 30.3 Å². The standard InChI is InChI=1S/C33H35NO9/c1-18-25(41-32-28(36)27(35)23(17-39-4)33(2,3)43-32)13-11-20-16-24(31(38)42-29(18)20)34-30(37)21-12-14-26(40-5)22(15-21)19-9-7-6-8-10-19/h6-16,23,27-28,32,35-36H,17H2,1-5H3,(H,34,37). The second-order valence-electron chi connectivity index (χ2n) is 11.0. The summed E-state index contributed by atoms with van der Waals surface area (Å²) in [5, 5.41) is 24.7. The summed E-state index contributed by atoms with van der Waals surface area (Å²) in [6.45, 7) is 5.48. The number of aliphatic hydroxyl groups is 2. The molecule has 226 valence electrons. The van der Waals surface area contributed by atoms with Crippen molar-refractivity contribution < 1.29 is 38.4 Å². The molecule has 2 heterocycles. The Morgan fingerprint density at radius 2 is 1.70 bits per heavy atom. The summed E-state index contributed by atoms with van der Waals surface area (Å²) in [6.07, 6.45) is -3.66. The molecule has 4 atom stereocenters. The van der Waals surface area contributed by atoms with Crippen LogP contribution in [-0.4, -0.2) is 61.0 Å². The predicted octanol–water partition coefficient (Wildman–Crippen LogP) is 4.53. The average molecular weight is 590 g/mol. The van der Waals surface area contributed by atoms with Gasteiger partial charge in [0.1, 0.15) is 28.9 Å². The van der Waals surface area contributed by atoms with E-state index in [1.165, 1.54) is 13.2 Å². The molecule has 0 radical (unpaired) electrons. The van der Waals surface area contributed by atoms with Crippen LogP contribution in [0.5, 0.6) is 11.5 Å². The van der Waals surface area contributed by atoms with Gasteiger partial charge in [0.2, 0.25) is 6.29 Å². The fourth-order valence-electron chi connectivity index (χ4n) is 5.37. The van der Waals surface area contributed by atoms with Crippen LogP contribution in [0.3, 0.4) is 0 Å². The molecule has 5 rings (SSSR count). The molecule has 1 aliphatic rings. The first kappa shape index (κ1) is 30.2. The lowest BCUT2D eigenvalue weighted by atomic mass is 9.81. The quantitative estimate of drug-likeness (QED) is 0.253. The van der Waals surface area contributed by atoms with E-state index in [0.717, 1.165) is 11.1 Å². The van der Waals surface area contributed by atoms with E-state index in [9.17, 15) is 19.8 Å². The number of methoxy groups -OCH3 is 2. The number of amides is 1. The summed E-state index contributed by atoms with van der Waals surface area (Å²) in [5.74, 6) is -0.0454. The van der Waals surface area contributed by atoms with Gasteiger partial charge in [0.15, 0.2) is 0 Å². The number of hydrogen-bond acceptors (Lipinski definition) is 9. The van der Waals surface area contributed by atoms with Crippen molar-refractivity contribution in [2.45, 2.75) is 44.9 Å². The van der Waals surface area contributed by atoms with Crippen molar-refractivity contribution in [2.75, 3.05) is 26.1 Å². The maximum absolute atomic E-state index is 13.2. The number of aliphatic hydroxyl groups excluding tert-OH is 2. The zero-order valence-corrected chi connectivity index (χ0v) is 24.6. The monoisotopic (exact) mass is 589 g/mol. The minimum atomic E-state index is -1.34. The van der Waals surface area contributed by atoms with Crippen LogP contribution in [-0.2, 0) is 9.47 Å². The largest absolute Gasteiger partial charge is 0.496 e. The molecule has 0 aliphatic carbocycles. The number of fused-ring (bicyclic) bond motifs is 1. The normalized spacial score (nSPS) is 21.4. The Labute approximate surface area is 248 Å². The summed E-state index contributed by atoms with van der Waals surface area (Å²) in [4.78, 5) is 26.2. The van der Waals surface area contributed by atoms with Gasteiger partial charge in [-0.15, -0.1) is 0 Å². The second kappa shape index (κ2) is 12.2. The van der Waals surface area contributed by atoms with Crippen molar-refractivity contribution in [1.29, 1.82) is 0 Å². The van der Waals surface area contributed by atoms with Crippen LogP contribution in [0, 0.1) is 12.8 Å². The van der Waals surface area contributed by atoms with Gasteiger partial charge in [-0.1, -0.05) is 30.3 Å². The van der Waals surface area contributed by atoms with Crippen molar-refractivity contribution in [3.8, 4) is 22.6 Å². The first-order valence-corrected chi connectivity index (χ1v) is 13.9. The van der Waals surface area contributed by atoms with Crippen LogP contribution in [0.4, 0.5) is 5.69 Å². The number of carbonyl (C=O) groups excluding carboxylic acids is 1. The fraction of sp³-hybridized carbons (Fsp3) is 0.333. The van der Waals surface area contributed by atoms with Crippen LogP contribution < -0.4 is 20.4 Å². The Kier molecular flexibility index (Phi) is 8.57. The Morgan fingerprint density at radius 3 is 2.40 bits per heavy atom. The third-order valence-electron chi connectivity index (χ3n) is 7.84. The number of aryl methyl sites for hydroxylation is 1. The molecule has 1 amide bonds. The van der Waals surface area contributed by atoms with Gasteiger partial charge in [-0.2, -0.15) is 0 Å². The van der Waals surface area contributed by atoms with Gasteiger partial charge < -0.3 is 38.9 Å². The van der Waals surface area contributed by atoms with Crippen LogP contribution in [0.25, 0.3) is 22.1 Å². The molecule has 1 saturated heterocycles. The van der Waals surface area contributed by atoms with E-state index < -0.39 is 41.5 Å². The Hall–Kier alpha value is -4.22. The molecule has 4 unspecified atom stereocenters. The van der Waals surface area contributed by atoms with E-state index in [0.29, 0.717) is 28.0 Å². The molecule has 3 N–H and O–H groups in total. The molecule has 10 heteroatoms. The summed E-state index contributed by atoms with van der Waals surface area (Å²) in [7, 11) is 3.08. The smallest absolute Gasteiger partial charge is 0.360 e. The number of rotatable bonds is 8. The topological polar surface area (TPSA) is 137 Å². The Balaban J connectivity index is 1.38. The SMILES string of the molecule is COCC1C(O)C(O)C(Oc2ccc3cc(NC(=O)c4ccc(OC)c(-c5ccccc5)c4)c(=O)oc3c2C)OC1(C)C. The molecule has 0 saturated carbocycles. The molecule has 1 fully saturated rings. The summed E-state index contributed by atoms with van der Waals surface area (Å²) >= 11 is 0. The third kappa shape index (κ3) is 6.00. The molecular weight excluding hydrogens is 554 g/mol. The second-order valence-corrected chi connectivity index (χ2v) is 11.0. The van der Waals surface area contributed by atoms with Crippen molar-refractivity contribution in [3.05, 3.63) is 88.3 Å². The lowest BCUT2D eigenvalue weighted by molar-refractivity contribution is -0.293. The maximum Gasteiger partial charge on any atom is 0.360 e. The third-order valence-corrected chi connectivity index (χ3v) is 7.84. The van der Waals surface area contributed by atoms with E-state index in [-0.39, 0.29) is 17.9 Å². The van der Waals surface area contributed by atoms with E-state index in [4.69, 9.17) is 23.4 Å². The van der Waals surface area contributed by atoms with Gasteiger partial charge in [0, 0.05) is 35.1 Å². The highest BCUT2D eigenvalue weighted by Gasteiger charge is 2.50. The Morgan fingerprint density at radius 1 is 0.977 bits per heavy atom. The molecule has 1 aromatic heterocycles. The van der Waals surface area contributed by atoms with E-state index in [1.54, 1.807) is 58.2 Å². The van der Waals surface area contributed by atoms with Crippen molar-refractivity contribution >= 4 is 22.6 Å². The molecule has 0 spiro atoms. The molecule has 0 bridgehead atoms. The predicted molar refractivity (Wildman–Crippen MR) is 161 cm³/mol. The molecular formula is C33H35NO9. The number of benzene rings is 3. The fourth-order valence-corrected chi connectivity index (χ4v) is 5.37. The molecule has 4 aromatic rings.